The van der Waals surface area contributed by atoms with Gasteiger partial charge < -0.3 is 10.2 Å². The molecule has 0 amide bonds. The molecule has 17 heavy (non-hydrogen) atoms. The van der Waals surface area contributed by atoms with E-state index in [0.717, 1.165) is 27.8 Å². The lowest BCUT2D eigenvalue weighted by molar-refractivity contribution is 0.471. The smallest absolute Gasteiger partial charge is 0.118 e. The van der Waals surface area contributed by atoms with Crippen molar-refractivity contribution in [1.82, 2.24) is 0 Å². The highest BCUT2D eigenvalue weighted by atomic mass is 16.3. The summed E-state index contributed by atoms with van der Waals surface area (Å²) in [6, 6.07) is 9.04. The molecule has 2 rings (SSSR count). The first kappa shape index (κ1) is 11.5. The second kappa shape index (κ2) is 4.13. The molecule has 0 spiro atoms. The van der Waals surface area contributed by atoms with E-state index in [0.29, 0.717) is 5.75 Å². The molecule has 0 atom stereocenters. The van der Waals surface area contributed by atoms with Crippen molar-refractivity contribution >= 4 is 0 Å². The number of rotatable bonds is 1. The van der Waals surface area contributed by atoms with Crippen LogP contribution in [0.3, 0.4) is 0 Å². The Morgan fingerprint density at radius 3 is 2.06 bits per heavy atom. The number of phenols is 2. The van der Waals surface area contributed by atoms with Crippen LogP contribution >= 0.6 is 0 Å². The van der Waals surface area contributed by atoms with Crippen LogP contribution in [-0.2, 0) is 0 Å². The standard InChI is InChI=1S/C15H16O2/c1-9-4-5-12(16)8-14(9)13-6-11(3)15(17)7-10(13)2/h4-8,16-17H,1-3H3. The molecule has 2 aromatic carbocycles. The molecule has 0 aliphatic carbocycles. The lowest BCUT2D eigenvalue weighted by Crippen LogP contribution is -1.89. The topological polar surface area (TPSA) is 40.5 Å². The zero-order chi connectivity index (χ0) is 12.6. The van der Waals surface area contributed by atoms with Gasteiger partial charge in [-0.05, 0) is 72.9 Å². The maximum absolute atomic E-state index is 9.65. The normalized spacial score (nSPS) is 10.5. The number of aromatic hydroxyl groups is 2. The second-order valence-corrected chi connectivity index (χ2v) is 4.45. The van der Waals surface area contributed by atoms with Gasteiger partial charge in [-0.1, -0.05) is 6.07 Å². The highest BCUT2D eigenvalue weighted by molar-refractivity contribution is 5.73. The predicted octanol–water partition coefficient (Wildman–Crippen LogP) is 3.69. The zero-order valence-electron chi connectivity index (χ0n) is 10.3. The minimum absolute atomic E-state index is 0.260. The highest BCUT2D eigenvalue weighted by Crippen LogP contribution is 2.33. The molecule has 0 saturated heterocycles. The molecule has 2 nitrogen and oxygen atoms in total. The summed E-state index contributed by atoms with van der Waals surface area (Å²) in [4.78, 5) is 0. The summed E-state index contributed by atoms with van der Waals surface area (Å²) in [7, 11) is 0. The van der Waals surface area contributed by atoms with E-state index in [-0.39, 0.29) is 5.75 Å². The van der Waals surface area contributed by atoms with Crippen LogP contribution in [0, 0.1) is 20.8 Å². The Morgan fingerprint density at radius 1 is 0.706 bits per heavy atom. The molecule has 0 saturated carbocycles. The summed E-state index contributed by atoms with van der Waals surface area (Å²) in [5, 5.41) is 19.2. The van der Waals surface area contributed by atoms with E-state index in [1.54, 1.807) is 18.2 Å². The summed E-state index contributed by atoms with van der Waals surface area (Å²) in [5.41, 5.74) is 5.01. The largest absolute Gasteiger partial charge is 0.508 e. The van der Waals surface area contributed by atoms with E-state index < -0.39 is 0 Å². The summed E-state index contributed by atoms with van der Waals surface area (Å²) in [5.74, 6) is 0.569. The van der Waals surface area contributed by atoms with Crippen LogP contribution in [-0.4, -0.2) is 10.2 Å². The lowest BCUT2D eigenvalue weighted by atomic mass is 9.94. The first-order valence-corrected chi connectivity index (χ1v) is 5.59. The summed E-state index contributed by atoms with van der Waals surface area (Å²) >= 11 is 0. The third kappa shape index (κ3) is 2.11. The first-order valence-electron chi connectivity index (χ1n) is 5.59. The van der Waals surface area contributed by atoms with Gasteiger partial charge in [0.15, 0.2) is 0 Å². The molecule has 0 fully saturated rings. The van der Waals surface area contributed by atoms with Gasteiger partial charge in [-0.3, -0.25) is 0 Å². The summed E-state index contributed by atoms with van der Waals surface area (Å²) in [6.07, 6.45) is 0. The Kier molecular flexibility index (Phi) is 2.80. The van der Waals surface area contributed by atoms with E-state index >= 15 is 0 Å². The number of benzene rings is 2. The molecule has 2 heteroatoms. The number of aryl methyl sites for hydroxylation is 3. The second-order valence-electron chi connectivity index (χ2n) is 4.45. The van der Waals surface area contributed by atoms with Crippen molar-refractivity contribution in [3.63, 3.8) is 0 Å². The third-order valence-electron chi connectivity index (χ3n) is 3.05. The summed E-state index contributed by atoms with van der Waals surface area (Å²) in [6.45, 7) is 5.84. The van der Waals surface area contributed by atoms with E-state index in [9.17, 15) is 10.2 Å². The van der Waals surface area contributed by atoms with Gasteiger partial charge in [0.05, 0.1) is 0 Å². The maximum Gasteiger partial charge on any atom is 0.118 e. The Balaban J connectivity index is 2.68. The van der Waals surface area contributed by atoms with Gasteiger partial charge in [-0.25, -0.2) is 0 Å². The molecule has 0 bridgehead atoms. The number of hydrogen-bond acceptors (Lipinski definition) is 2. The average molecular weight is 228 g/mol. The summed E-state index contributed by atoms with van der Waals surface area (Å²) < 4.78 is 0. The van der Waals surface area contributed by atoms with E-state index in [1.807, 2.05) is 32.9 Å². The van der Waals surface area contributed by atoms with Crippen molar-refractivity contribution in [1.29, 1.82) is 0 Å². The van der Waals surface area contributed by atoms with Crippen LogP contribution in [0.25, 0.3) is 11.1 Å². The number of hydrogen-bond donors (Lipinski definition) is 2. The molecule has 2 aromatic rings. The van der Waals surface area contributed by atoms with Gasteiger partial charge in [0.25, 0.3) is 0 Å². The monoisotopic (exact) mass is 228 g/mol. The van der Waals surface area contributed by atoms with E-state index in [4.69, 9.17) is 0 Å². The van der Waals surface area contributed by atoms with Crippen LogP contribution in [0.1, 0.15) is 16.7 Å². The molecular formula is C15H16O2. The molecule has 88 valence electrons. The Labute approximate surface area is 101 Å². The minimum atomic E-state index is 0.260. The molecule has 0 aliphatic heterocycles. The molecule has 0 heterocycles. The fourth-order valence-electron chi connectivity index (χ4n) is 1.99. The average Bonchev–Trinajstić information content (AvgIpc) is 2.27. The fraction of sp³-hybridized carbons (Fsp3) is 0.200. The van der Waals surface area contributed by atoms with Gasteiger partial charge in [0.1, 0.15) is 11.5 Å². The molecule has 0 aromatic heterocycles. The van der Waals surface area contributed by atoms with Gasteiger partial charge in [0.2, 0.25) is 0 Å². The van der Waals surface area contributed by atoms with Gasteiger partial charge >= 0.3 is 0 Å². The molecule has 2 N–H and O–H groups in total. The Hall–Kier alpha value is -1.96. The van der Waals surface area contributed by atoms with Crippen molar-refractivity contribution in [3.05, 3.63) is 47.0 Å². The quantitative estimate of drug-likeness (QED) is 0.781. The van der Waals surface area contributed by atoms with E-state index in [2.05, 4.69) is 0 Å². The van der Waals surface area contributed by atoms with Crippen molar-refractivity contribution < 1.29 is 10.2 Å². The third-order valence-corrected chi connectivity index (χ3v) is 3.05. The molecular weight excluding hydrogens is 212 g/mol. The minimum Gasteiger partial charge on any atom is -0.508 e. The SMILES string of the molecule is Cc1cc(-c2cc(O)ccc2C)c(C)cc1O. The van der Waals surface area contributed by atoms with Crippen LogP contribution in [0.2, 0.25) is 0 Å². The van der Waals surface area contributed by atoms with E-state index in [1.165, 1.54) is 0 Å². The molecule has 0 radical (unpaired) electrons. The van der Waals surface area contributed by atoms with Crippen LogP contribution in [0.4, 0.5) is 0 Å². The van der Waals surface area contributed by atoms with Crippen LogP contribution in [0.5, 0.6) is 11.5 Å². The fourth-order valence-corrected chi connectivity index (χ4v) is 1.99. The lowest BCUT2D eigenvalue weighted by Gasteiger charge is -2.12. The van der Waals surface area contributed by atoms with Crippen LogP contribution in [0.15, 0.2) is 30.3 Å². The van der Waals surface area contributed by atoms with Crippen LogP contribution < -0.4 is 0 Å². The molecule has 0 aliphatic rings. The maximum atomic E-state index is 9.65. The molecule has 0 unspecified atom stereocenters. The number of phenolic OH excluding ortho intramolecular Hbond substituents is 2. The van der Waals surface area contributed by atoms with Crippen molar-refractivity contribution in [3.8, 4) is 22.6 Å². The van der Waals surface area contributed by atoms with Crippen molar-refractivity contribution in [2.24, 2.45) is 0 Å². The van der Waals surface area contributed by atoms with Gasteiger partial charge in [-0.15, -0.1) is 0 Å². The zero-order valence-corrected chi connectivity index (χ0v) is 10.3. The Bertz CT molecular complexity index is 571. The predicted molar refractivity (Wildman–Crippen MR) is 69.4 cm³/mol. The Morgan fingerprint density at radius 2 is 1.35 bits per heavy atom. The first-order chi connectivity index (χ1) is 7.99. The van der Waals surface area contributed by atoms with Gasteiger partial charge in [0, 0.05) is 0 Å². The van der Waals surface area contributed by atoms with Gasteiger partial charge in [-0.2, -0.15) is 0 Å². The van der Waals surface area contributed by atoms with Crippen molar-refractivity contribution in [2.45, 2.75) is 20.8 Å². The van der Waals surface area contributed by atoms with Crippen molar-refractivity contribution in [2.75, 3.05) is 0 Å². The highest BCUT2D eigenvalue weighted by Gasteiger charge is 2.08.